The summed E-state index contributed by atoms with van der Waals surface area (Å²) in [4.78, 5) is 36.6. The van der Waals surface area contributed by atoms with Gasteiger partial charge in [-0.05, 0) is 29.7 Å². The first-order valence-electron chi connectivity index (χ1n) is 11.3. The Morgan fingerprint density at radius 1 is 1.00 bits per heavy atom. The Labute approximate surface area is 207 Å². The van der Waals surface area contributed by atoms with Crippen LogP contribution in [0.4, 0.5) is 0 Å². The molecule has 1 amide bonds. The highest BCUT2D eigenvalue weighted by Gasteiger charge is 2.26. The molecular formula is C26H25ClN4O2S. The van der Waals surface area contributed by atoms with Gasteiger partial charge in [-0.15, -0.1) is 11.3 Å². The highest BCUT2D eigenvalue weighted by atomic mass is 35.5. The second kappa shape index (κ2) is 9.70. The molecule has 8 heteroatoms. The first kappa shape index (κ1) is 22.8. The van der Waals surface area contributed by atoms with Gasteiger partial charge in [0.25, 0.3) is 11.5 Å². The van der Waals surface area contributed by atoms with Gasteiger partial charge in [-0.25, -0.2) is 4.98 Å². The molecule has 34 heavy (non-hydrogen) atoms. The van der Waals surface area contributed by atoms with Gasteiger partial charge in [0.2, 0.25) is 0 Å². The Hall–Kier alpha value is -3.00. The maximum absolute atomic E-state index is 13.4. The molecule has 0 aliphatic carbocycles. The SMILES string of the molecule is Cc1c(C(=O)N2CCN(Cc3ccccc3)CC2)sc2ncn(Cc3ccccc3Cl)c(=O)c12. The summed E-state index contributed by atoms with van der Waals surface area (Å²) in [6, 6.07) is 17.8. The van der Waals surface area contributed by atoms with Gasteiger partial charge in [0.15, 0.2) is 0 Å². The van der Waals surface area contributed by atoms with Crippen LogP contribution in [-0.2, 0) is 13.1 Å². The number of hydrogen-bond donors (Lipinski definition) is 0. The molecule has 0 N–H and O–H groups in total. The van der Waals surface area contributed by atoms with Crippen molar-refractivity contribution in [2.75, 3.05) is 26.2 Å². The zero-order valence-corrected chi connectivity index (χ0v) is 20.5. The Balaban J connectivity index is 1.33. The maximum Gasteiger partial charge on any atom is 0.264 e. The van der Waals surface area contributed by atoms with Crippen molar-refractivity contribution in [1.82, 2.24) is 19.4 Å². The summed E-state index contributed by atoms with van der Waals surface area (Å²) in [6.07, 6.45) is 1.54. The van der Waals surface area contributed by atoms with E-state index in [9.17, 15) is 9.59 Å². The maximum atomic E-state index is 13.4. The van der Waals surface area contributed by atoms with Crippen molar-refractivity contribution in [2.24, 2.45) is 0 Å². The van der Waals surface area contributed by atoms with Crippen LogP contribution in [0.25, 0.3) is 10.2 Å². The first-order chi connectivity index (χ1) is 16.5. The van der Waals surface area contributed by atoms with Gasteiger partial charge in [0.1, 0.15) is 4.83 Å². The third-order valence-electron chi connectivity index (χ3n) is 6.32. The summed E-state index contributed by atoms with van der Waals surface area (Å²) < 4.78 is 1.56. The fourth-order valence-corrected chi connectivity index (χ4v) is 5.68. The average molecular weight is 493 g/mol. The Morgan fingerprint density at radius 3 is 2.44 bits per heavy atom. The predicted octanol–water partition coefficient (Wildman–Crippen LogP) is 4.43. The van der Waals surface area contributed by atoms with Crippen LogP contribution in [0.5, 0.6) is 0 Å². The molecule has 4 aromatic rings. The van der Waals surface area contributed by atoms with E-state index in [-0.39, 0.29) is 11.5 Å². The largest absolute Gasteiger partial charge is 0.335 e. The number of carbonyl (C=O) groups is 1. The molecule has 0 unspecified atom stereocenters. The number of hydrogen-bond acceptors (Lipinski definition) is 5. The van der Waals surface area contributed by atoms with Gasteiger partial charge in [-0.3, -0.25) is 19.1 Å². The van der Waals surface area contributed by atoms with Gasteiger partial charge < -0.3 is 4.90 Å². The van der Waals surface area contributed by atoms with Gasteiger partial charge in [0.05, 0.1) is 23.1 Å². The van der Waals surface area contributed by atoms with E-state index < -0.39 is 0 Å². The lowest BCUT2D eigenvalue weighted by molar-refractivity contribution is 0.0632. The number of piperazine rings is 1. The Morgan fingerprint density at radius 2 is 1.71 bits per heavy atom. The van der Waals surface area contributed by atoms with Crippen LogP contribution in [0.2, 0.25) is 5.02 Å². The fourth-order valence-electron chi connectivity index (χ4n) is 4.38. The van der Waals surface area contributed by atoms with E-state index in [2.05, 4.69) is 34.1 Å². The number of rotatable bonds is 5. The molecule has 0 radical (unpaired) electrons. The number of amides is 1. The average Bonchev–Trinajstić information content (AvgIpc) is 3.20. The van der Waals surface area contributed by atoms with E-state index in [1.165, 1.54) is 16.9 Å². The standard InChI is InChI=1S/C26H25ClN4O2S/c1-18-22-24(28-17-31(25(22)32)16-20-9-5-6-10-21(20)27)34-23(18)26(33)30-13-11-29(12-14-30)15-19-7-3-2-4-8-19/h2-10,17H,11-16H2,1H3. The van der Waals surface area contributed by atoms with Gasteiger partial charge >= 0.3 is 0 Å². The van der Waals surface area contributed by atoms with Crippen LogP contribution < -0.4 is 5.56 Å². The molecule has 174 valence electrons. The predicted molar refractivity (Wildman–Crippen MR) is 137 cm³/mol. The molecule has 2 aromatic carbocycles. The van der Waals surface area contributed by atoms with E-state index >= 15 is 0 Å². The summed E-state index contributed by atoms with van der Waals surface area (Å²) in [6.45, 7) is 6.07. The summed E-state index contributed by atoms with van der Waals surface area (Å²) >= 11 is 7.58. The van der Waals surface area contributed by atoms with Crippen molar-refractivity contribution in [3.8, 4) is 0 Å². The summed E-state index contributed by atoms with van der Waals surface area (Å²) in [5.74, 6) is -0.0167. The smallest absolute Gasteiger partial charge is 0.264 e. The zero-order chi connectivity index (χ0) is 23.7. The van der Waals surface area contributed by atoms with Crippen LogP contribution in [0, 0.1) is 6.92 Å². The minimum absolute atomic E-state index is 0.0167. The molecule has 0 spiro atoms. The third-order valence-corrected chi connectivity index (χ3v) is 7.88. The molecular weight excluding hydrogens is 468 g/mol. The molecule has 6 nitrogen and oxygen atoms in total. The van der Waals surface area contributed by atoms with Crippen LogP contribution in [0.1, 0.15) is 26.4 Å². The highest BCUT2D eigenvalue weighted by molar-refractivity contribution is 7.20. The van der Waals surface area contributed by atoms with Crippen molar-refractivity contribution in [3.05, 3.63) is 97.9 Å². The normalized spacial score (nSPS) is 14.6. The number of fused-ring (bicyclic) bond motifs is 1. The second-order valence-electron chi connectivity index (χ2n) is 8.56. The summed E-state index contributed by atoms with van der Waals surface area (Å²) in [7, 11) is 0. The third kappa shape index (κ3) is 4.51. The molecule has 1 fully saturated rings. The van der Waals surface area contributed by atoms with E-state index in [0.717, 1.165) is 25.2 Å². The van der Waals surface area contributed by atoms with Crippen molar-refractivity contribution in [3.63, 3.8) is 0 Å². The lowest BCUT2D eigenvalue weighted by Crippen LogP contribution is -2.48. The quantitative estimate of drug-likeness (QED) is 0.413. The van der Waals surface area contributed by atoms with Gasteiger partial charge in [-0.2, -0.15) is 0 Å². The van der Waals surface area contributed by atoms with Crippen LogP contribution in [-0.4, -0.2) is 51.4 Å². The second-order valence-corrected chi connectivity index (χ2v) is 9.97. The van der Waals surface area contributed by atoms with Crippen molar-refractivity contribution in [1.29, 1.82) is 0 Å². The lowest BCUT2D eigenvalue weighted by atomic mass is 10.1. The molecule has 1 aliphatic rings. The molecule has 0 bridgehead atoms. The number of thiophene rings is 1. The number of carbonyl (C=O) groups excluding carboxylic acids is 1. The monoisotopic (exact) mass is 492 g/mol. The number of benzene rings is 2. The number of nitrogens with zero attached hydrogens (tertiary/aromatic N) is 4. The van der Waals surface area contributed by atoms with E-state index in [0.29, 0.717) is 45.3 Å². The summed E-state index contributed by atoms with van der Waals surface area (Å²) in [5.41, 5.74) is 2.69. The van der Waals surface area contributed by atoms with Gasteiger partial charge in [0, 0.05) is 37.7 Å². The van der Waals surface area contributed by atoms with E-state index in [4.69, 9.17) is 11.6 Å². The van der Waals surface area contributed by atoms with Crippen molar-refractivity contribution < 1.29 is 4.79 Å². The molecule has 3 heterocycles. The van der Waals surface area contributed by atoms with Crippen LogP contribution in [0.3, 0.4) is 0 Å². The minimum atomic E-state index is -0.148. The molecule has 2 aromatic heterocycles. The molecule has 0 saturated carbocycles. The van der Waals surface area contributed by atoms with E-state index in [1.807, 2.05) is 36.1 Å². The Kier molecular flexibility index (Phi) is 6.50. The molecule has 5 rings (SSSR count). The topological polar surface area (TPSA) is 58.4 Å². The Bertz CT molecular complexity index is 1390. The van der Waals surface area contributed by atoms with E-state index in [1.54, 1.807) is 17.0 Å². The van der Waals surface area contributed by atoms with Crippen molar-refractivity contribution in [2.45, 2.75) is 20.0 Å². The number of aromatic nitrogens is 2. The van der Waals surface area contributed by atoms with Crippen LogP contribution in [0.15, 0.2) is 65.7 Å². The lowest BCUT2D eigenvalue weighted by Gasteiger charge is -2.34. The van der Waals surface area contributed by atoms with Crippen molar-refractivity contribution >= 4 is 39.1 Å². The fraction of sp³-hybridized carbons (Fsp3) is 0.269. The summed E-state index contributed by atoms with van der Waals surface area (Å²) in [5, 5.41) is 1.13. The highest BCUT2D eigenvalue weighted by Crippen LogP contribution is 2.28. The molecule has 1 aliphatic heterocycles. The van der Waals surface area contributed by atoms with Gasteiger partial charge in [-0.1, -0.05) is 60.1 Å². The number of halogens is 1. The first-order valence-corrected chi connectivity index (χ1v) is 12.5. The zero-order valence-electron chi connectivity index (χ0n) is 18.9. The molecule has 1 saturated heterocycles. The molecule has 0 atom stereocenters. The minimum Gasteiger partial charge on any atom is -0.335 e. The van der Waals surface area contributed by atoms with Crippen LogP contribution >= 0.6 is 22.9 Å². The number of aryl methyl sites for hydroxylation is 1.